The summed E-state index contributed by atoms with van der Waals surface area (Å²) in [6.45, 7) is 1.91. The molecule has 0 aliphatic carbocycles. The number of amides is 1. The first-order valence-corrected chi connectivity index (χ1v) is 8.02. The Morgan fingerprint density at radius 1 is 1.45 bits per heavy atom. The van der Waals surface area contributed by atoms with Gasteiger partial charge in [0.1, 0.15) is 0 Å². The van der Waals surface area contributed by atoms with Crippen molar-refractivity contribution in [3.05, 3.63) is 29.8 Å². The van der Waals surface area contributed by atoms with Crippen LogP contribution in [0.1, 0.15) is 12.0 Å². The normalized spacial score (nSPS) is 18.9. The largest absolute Gasteiger partial charge is 0.352 e. The molecule has 1 unspecified atom stereocenters. The first-order valence-electron chi connectivity index (χ1n) is 6.54. The second kappa shape index (κ2) is 6.34. The Bertz CT molecular complexity index is 580. The summed E-state index contributed by atoms with van der Waals surface area (Å²) < 4.78 is 25.7. The standard InChI is InChI=1S/C13H19N3O3S/c1-14-20(18,19)12-4-2-3-10(7-12)8-16-13(17)11-5-6-15-9-11/h2-4,7,11,14-15H,5-6,8-9H2,1H3,(H,16,17). The van der Waals surface area contributed by atoms with Crippen LogP contribution in [0.15, 0.2) is 29.2 Å². The Morgan fingerprint density at radius 2 is 2.25 bits per heavy atom. The van der Waals surface area contributed by atoms with Gasteiger partial charge < -0.3 is 10.6 Å². The van der Waals surface area contributed by atoms with Crippen molar-refractivity contribution in [2.24, 2.45) is 5.92 Å². The molecule has 2 rings (SSSR count). The van der Waals surface area contributed by atoms with Crippen molar-refractivity contribution in [2.45, 2.75) is 17.9 Å². The van der Waals surface area contributed by atoms with Crippen LogP contribution in [0.3, 0.4) is 0 Å². The number of benzene rings is 1. The summed E-state index contributed by atoms with van der Waals surface area (Å²) in [7, 11) is -2.08. The second-order valence-corrected chi connectivity index (χ2v) is 6.65. The summed E-state index contributed by atoms with van der Waals surface area (Å²) in [5.74, 6) is 0.0242. The van der Waals surface area contributed by atoms with Crippen LogP contribution in [-0.2, 0) is 21.4 Å². The van der Waals surface area contributed by atoms with Gasteiger partial charge in [-0.2, -0.15) is 0 Å². The molecule has 0 bridgehead atoms. The number of nitrogens with one attached hydrogen (secondary N) is 3. The highest BCUT2D eigenvalue weighted by Crippen LogP contribution is 2.12. The molecule has 110 valence electrons. The van der Waals surface area contributed by atoms with E-state index in [2.05, 4.69) is 15.4 Å². The number of carbonyl (C=O) groups excluding carboxylic acids is 1. The zero-order valence-corrected chi connectivity index (χ0v) is 12.2. The van der Waals surface area contributed by atoms with Gasteiger partial charge in [-0.05, 0) is 37.7 Å². The third-order valence-corrected chi connectivity index (χ3v) is 4.79. The van der Waals surface area contributed by atoms with Crippen molar-refractivity contribution >= 4 is 15.9 Å². The minimum Gasteiger partial charge on any atom is -0.352 e. The summed E-state index contributed by atoms with van der Waals surface area (Å²) >= 11 is 0. The van der Waals surface area contributed by atoms with Crippen LogP contribution in [0.5, 0.6) is 0 Å². The molecule has 20 heavy (non-hydrogen) atoms. The molecular weight excluding hydrogens is 278 g/mol. The second-order valence-electron chi connectivity index (χ2n) is 4.76. The molecule has 1 heterocycles. The van der Waals surface area contributed by atoms with E-state index in [9.17, 15) is 13.2 Å². The van der Waals surface area contributed by atoms with E-state index in [0.717, 1.165) is 18.5 Å². The molecule has 0 aromatic heterocycles. The SMILES string of the molecule is CNS(=O)(=O)c1cccc(CNC(=O)C2CCNC2)c1. The van der Waals surface area contributed by atoms with Gasteiger partial charge in [0, 0.05) is 13.1 Å². The molecule has 1 aromatic carbocycles. The minimum absolute atomic E-state index is 0.0110. The van der Waals surface area contributed by atoms with Gasteiger partial charge in [-0.3, -0.25) is 4.79 Å². The van der Waals surface area contributed by atoms with E-state index in [0.29, 0.717) is 13.1 Å². The van der Waals surface area contributed by atoms with Gasteiger partial charge in [0.15, 0.2) is 0 Å². The van der Waals surface area contributed by atoms with Crippen LogP contribution in [-0.4, -0.2) is 34.5 Å². The van der Waals surface area contributed by atoms with Crippen LogP contribution >= 0.6 is 0 Å². The number of rotatable bonds is 5. The fourth-order valence-electron chi connectivity index (χ4n) is 2.15. The van der Waals surface area contributed by atoms with Gasteiger partial charge in [0.05, 0.1) is 10.8 Å². The van der Waals surface area contributed by atoms with Crippen LogP contribution in [0.25, 0.3) is 0 Å². The average Bonchev–Trinajstić information content (AvgIpc) is 2.99. The molecule has 7 heteroatoms. The van der Waals surface area contributed by atoms with Crippen LogP contribution in [0, 0.1) is 5.92 Å². The molecule has 3 N–H and O–H groups in total. The maximum Gasteiger partial charge on any atom is 0.240 e. The topological polar surface area (TPSA) is 87.3 Å². The summed E-state index contributed by atoms with van der Waals surface area (Å²) in [5.41, 5.74) is 0.764. The summed E-state index contributed by atoms with van der Waals surface area (Å²) in [6, 6.07) is 6.56. The van der Waals surface area contributed by atoms with Crippen molar-refractivity contribution in [3.8, 4) is 0 Å². The van der Waals surface area contributed by atoms with Crippen molar-refractivity contribution in [1.82, 2.24) is 15.4 Å². The molecule has 1 aliphatic heterocycles. The van der Waals surface area contributed by atoms with Gasteiger partial charge in [0.25, 0.3) is 0 Å². The first kappa shape index (κ1) is 15.0. The summed E-state index contributed by atoms with van der Waals surface area (Å²) in [4.78, 5) is 12.1. The van der Waals surface area contributed by atoms with Crippen LogP contribution < -0.4 is 15.4 Å². The number of hydrogen-bond donors (Lipinski definition) is 3. The van der Waals surface area contributed by atoms with E-state index < -0.39 is 10.0 Å². The van der Waals surface area contributed by atoms with Gasteiger partial charge in [-0.1, -0.05) is 12.1 Å². The van der Waals surface area contributed by atoms with Crippen molar-refractivity contribution in [1.29, 1.82) is 0 Å². The van der Waals surface area contributed by atoms with Gasteiger partial charge in [-0.15, -0.1) is 0 Å². The Balaban J connectivity index is 2.00. The zero-order chi connectivity index (χ0) is 14.6. The van der Waals surface area contributed by atoms with E-state index in [-0.39, 0.29) is 16.7 Å². The average molecular weight is 297 g/mol. The lowest BCUT2D eigenvalue weighted by molar-refractivity contribution is -0.124. The Labute approximate surface area is 119 Å². The number of hydrogen-bond acceptors (Lipinski definition) is 4. The highest BCUT2D eigenvalue weighted by atomic mass is 32.2. The molecule has 1 aliphatic rings. The predicted octanol–water partition coefficient (Wildman–Crippen LogP) is -0.180. The highest BCUT2D eigenvalue weighted by molar-refractivity contribution is 7.89. The van der Waals surface area contributed by atoms with Gasteiger partial charge in [0.2, 0.25) is 15.9 Å². The molecule has 0 saturated carbocycles. The third kappa shape index (κ3) is 3.56. The lowest BCUT2D eigenvalue weighted by atomic mass is 10.1. The smallest absolute Gasteiger partial charge is 0.240 e. The maximum atomic E-state index is 11.9. The van der Waals surface area contributed by atoms with Crippen molar-refractivity contribution in [3.63, 3.8) is 0 Å². The molecule has 1 saturated heterocycles. The monoisotopic (exact) mass is 297 g/mol. The number of sulfonamides is 1. The van der Waals surface area contributed by atoms with E-state index in [4.69, 9.17) is 0 Å². The van der Waals surface area contributed by atoms with Gasteiger partial charge >= 0.3 is 0 Å². The molecular formula is C13H19N3O3S. The lowest BCUT2D eigenvalue weighted by Gasteiger charge is -2.10. The van der Waals surface area contributed by atoms with Crippen LogP contribution in [0.2, 0.25) is 0 Å². The quantitative estimate of drug-likeness (QED) is 0.703. The molecule has 6 nitrogen and oxygen atoms in total. The van der Waals surface area contributed by atoms with E-state index >= 15 is 0 Å². The van der Waals surface area contributed by atoms with Crippen LogP contribution in [0.4, 0.5) is 0 Å². The molecule has 1 atom stereocenters. The Hall–Kier alpha value is -1.44. The predicted molar refractivity (Wildman–Crippen MR) is 75.5 cm³/mol. The van der Waals surface area contributed by atoms with Gasteiger partial charge in [-0.25, -0.2) is 13.1 Å². The summed E-state index contributed by atoms with van der Waals surface area (Å²) in [6.07, 6.45) is 0.847. The lowest BCUT2D eigenvalue weighted by Crippen LogP contribution is -2.31. The maximum absolute atomic E-state index is 11.9. The third-order valence-electron chi connectivity index (χ3n) is 3.38. The number of carbonyl (C=O) groups is 1. The van der Waals surface area contributed by atoms with E-state index in [1.54, 1.807) is 18.2 Å². The molecule has 1 amide bonds. The fraction of sp³-hybridized carbons (Fsp3) is 0.462. The molecule has 0 spiro atoms. The summed E-state index contributed by atoms with van der Waals surface area (Å²) in [5, 5.41) is 5.98. The molecule has 1 fully saturated rings. The molecule has 1 aromatic rings. The zero-order valence-electron chi connectivity index (χ0n) is 11.3. The highest BCUT2D eigenvalue weighted by Gasteiger charge is 2.21. The fourth-order valence-corrected chi connectivity index (χ4v) is 2.95. The Morgan fingerprint density at radius 3 is 2.90 bits per heavy atom. The van der Waals surface area contributed by atoms with Crippen molar-refractivity contribution in [2.75, 3.05) is 20.1 Å². The first-order chi connectivity index (χ1) is 9.53. The van der Waals surface area contributed by atoms with E-state index in [1.165, 1.54) is 13.1 Å². The van der Waals surface area contributed by atoms with Crippen molar-refractivity contribution < 1.29 is 13.2 Å². The Kier molecular flexibility index (Phi) is 4.74. The minimum atomic E-state index is -3.45. The molecule has 0 radical (unpaired) electrons. The van der Waals surface area contributed by atoms with E-state index in [1.807, 2.05) is 0 Å².